The molecule has 1 aliphatic heterocycles. The van der Waals surface area contributed by atoms with Crippen molar-refractivity contribution in [2.24, 2.45) is 23.2 Å². The molecule has 0 aromatic carbocycles. The Morgan fingerprint density at radius 1 is 1.42 bits per heavy atom. The largest absolute Gasteiger partial charge is 0.461 e. The Morgan fingerprint density at radius 3 is 2.77 bits per heavy atom. The highest BCUT2D eigenvalue weighted by Crippen LogP contribution is 2.56. The summed E-state index contributed by atoms with van der Waals surface area (Å²) in [5, 5.41) is 11.3. The van der Waals surface area contributed by atoms with Gasteiger partial charge in [0.15, 0.2) is 6.29 Å². The summed E-state index contributed by atoms with van der Waals surface area (Å²) >= 11 is 0. The second kappa shape index (κ2) is 7.58. The van der Waals surface area contributed by atoms with E-state index < -0.39 is 6.10 Å². The topological polar surface area (TPSA) is 68.2 Å². The molecule has 0 aromatic rings. The Balaban J connectivity index is 1.78. The molecule has 0 bridgehead atoms. The molecule has 2 fully saturated rings. The maximum Gasteiger partial charge on any atom is 0.311 e. The van der Waals surface area contributed by atoms with Gasteiger partial charge in [0.1, 0.15) is 6.10 Å². The number of fused-ring (bicyclic) bond motifs is 2. The molecule has 6 unspecified atom stereocenters. The van der Waals surface area contributed by atoms with Gasteiger partial charge in [-0.2, -0.15) is 0 Å². The van der Waals surface area contributed by atoms with Crippen LogP contribution in [0, 0.1) is 23.2 Å². The van der Waals surface area contributed by atoms with Gasteiger partial charge in [-0.05, 0) is 25.8 Å². The fourth-order valence-corrected chi connectivity index (χ4v) is 5.18. The van der Waals surface area contributed by atoms with Crippen molar-refractivity contribution < 1.29 is 24.1 Å². The van der Waals surface area contributed by atoms with E-state index in [4.69, 9.17) is 14.2 Å². The molecule has 2 aliphatic carbocycles. The number of methoxy groups -OCH3 is 2. The van der Waals surface area contributed by atoms with E-state index in [9.17, 15) is 9.90 Å². The molecule has 6 atom stereocenters. The number of carbonyl (C=O) groups excluding carboxylic acids is 1. The normalized spacial score (nSPS) is 39.6. The van der Waals surface area contributed by atoms with Crippen molar-refractivity contribution >= 4 is 5.97 Å². The number of aliphatic hydroxyl groups is 1. The monoisotopic (exact) mass is 367 g/mol. The predicted octanol–water partition coefficient (Wildman–Crippen LogP) is 1.82. The van der Waals surface area contributed by atoms with E-state index >= 15 is 0 Å². The quantitative estimate of drug-likeness (QED) is 0.439. The van der Waals surface area contributed by atoms with Gasteiger partial charge in [-0.1, -0.05) is 25.5 Å². The minimum absolute atomic E-state index is 0.156. The Labute approximate surface area is 156 Å². The number of carbonyl (C=O) groups is 1. The van der Waals surface area contributed by atoms with Gasteiger partial charge in [0, 0.05) is 45.1 Å². The van der Waals surface area contributed by atoms with Crippen LogP contribution in [0.5, 0.6) is 0 Å². The van der Waals surface area contributed by atoms with E-state index in [0.29, 0.717) is 19.0 Å². The van der Waals surface area contributed by atoms with Crippen molar-refractivity contribution in [3.63, 3.8) is 0 Å². The third-order valence-corrected chi connectivity index (χ3v) is 7.07. The Kier molecular flexibility index (Phi) is 5.78. The minimum atomic E-state index is -0.562. The lowest BCUT2D eigenvalue weighted by Gasteiger charge is -2.52. The van der Waals surface area contributed by atoms with Gasteiger partial charge in [-0.3, -0.25) is 4.79 Å². The average Bonchev–Trinajstić information content (AvgIpc) is 2.91. The van der Waals surface area contributed by atoms with E-state index in [0.717, 1.165) is 19.3 Å². The molecule has 3 aliphatic rings. The van der Waals surface area contributed by atoms with Crippen molar-refractivity contribution in [3.8, 4) is 0 Å². The van der Waals surface area contributed by atoms with Crippen LogP contribution in [0.4, 0.5) is 0 Å². The number of allylic oxidation sites excluding steroid dienone is 1. The van der Waals surface area contributed by atoms with Gasteiger partial charge in [0.2, 0.25) is 0 Å². The molecule has 1 saturated carbocycles. The van der Waals surface area contributed by atoms with E-state index in [1.54, 1.807) is 14.2 Å². The van der Waals surface area contributed by atoms with Gasteiger partial charge in [0.25, 0.3) is 0 Å². The molecule has 6 nitrogen and oxygen atoms in total. The molecule has 0 radical (unpaired) electrons. The standard InChI is InChI=1S/C20H33NO5/c1-12-7-6-8-13-9-15-17(18(22)20(12,13)2)14(19(23)26-15)10-21(3)11-16(24-4)25-5/h8,12,14-18,22H,6-7,9-11H2,1-5H3. The number of hydrogen-bond acceptors (Lipinski definition) is 6. The van der Waals surface area contributed by atoms with Crippen LogP contribution in [0.25, 0.3) is 0 Å². The van der Waals surface area contributed by atoms with Gasteiger partial charge in [-0.15, -0.1) is 0 Å². The number of likely N-dealkylation sites (N-methyl/N-ethyl adjacent to an activating group) is 1. The molecule has 6 heteroatoms. The van der Waals surface area contributed by atoms with Gasteiger partial charge in [0.05, 0.1) is 12.0 Å². The van der Waals surface area contributed by atoms with Crippen molar-refractivity contribution in [1.29, 1.82) is 0 Å². The first-order valence-electron chi connectivity index (χ1n) is 9.65. The summed E-state index contributed by atoms with van der Waals surface area (Å²) < 4.78 is 16.2. The van der Waals surface area contributed by atoms with Crippen LogP contribution in [0.3, 0.4) is 0 Å². The minimum Gasteiger partial charge on any atom is -0.461 e. The van der Waals surface area contributed by atoms with Gasteiger partial charge >= 0.3 is 5.97 Å². The van der Waals surface area contributed by atoms with E-state index in [1.807, 2.05) is 11.9 Å². The van der Waals surface area contributed by atoms with Crippen molar-refractivity contribution in [2.75, 3.05) is 34.4 Å². The molecule has 1 N–H and O–H groups in total. The number of aliphatic hydroxyl groups excluding tert-OH is 1. The summed E-state index contributed by atoms with van der Waals surface area (Å²) in [6.45, 7) is 5.48. The van der Waals surface area contributed by atoms with Crippen LogP contribution in [0.2, 0.25) is 0 Å². The lowest BCUT2D eigenvalue weighted by atomic mass is 9.55. The molecule has 1 saturated heterocycles. The first-order valence-corrected chi connectivity index (χ1v) is 9.65. The molecular formula is C20H33NO5. The second-order valence-electron chi connectivity index (χ2n) is 8.42. The Bertz CT molecular complexity index is 560. The number of rotatable bonds is 6. The van der Waals surface area contributed by atoms with Crippen LogP contribution in [-0.2, 0) is 19.0 Å². The summed E-state index contributed by atoms with van der Waals surface area (Å²) in [5.41, 5.74) is 1.01. The van der Waals surface area contributed by atoms with Gasteiger partial charge < -0.3 is 24.2 Å². The lowest BCUT2D eigenvalue weighted by molar-refractivity contribution is -0.145. The van der Waals surface area contributed by atoms with E-state index in [1.165, 1.54) is 5.57 Å². The zero-order valence-corrected chi connectivity index (χ0v) is 16.6. The van der Waals surface area contributed by atoms with Crippen LogP contribution >= 0.6 is 0 Å². The molecule has 0 amide bonds. The zero-order valence-electron chi connectivity index (χ0n) is 16.6. The molecule has 1 heterocycles. The van der Waals surface area contributed by atoms with Crippen molar-refractivity contribution in [2.45, 2.75) is 51.6 Å². The van der Waals surface area contributed by atoms with Crippen molar-refractivity contribution in [3.05, 3.63) is 11.6 Å². The Morgan fingerprint density at radius 2 is 2.12 bits per heavy atom. The molecule has 3 rings (SSSR count). The summed E-state index contributed by atoms with van der Waals surface area (Å²) in [6.07, 6.45) is 4.04. The molecule has 0 aromatic heterocycles. The number of ether oxygens (including phenoxy) is 3. The zero-order chi connectivity index (χ0) is 19.1. The summed E-state index contributed by atoms with van der Waals surface area (Å²) in [7, 11) is 5.15. The number of nitrogens with zero attached hydrogens (tertiary/aromatic N) is 1. The molecular weight excluding hydrogens is 334 g/mol. The fraction of sp³-hybridized carbons (Fsp3) is 0.850. The van der Waals surface area contributed by atoms with E-state index in [2.05, 4.69) is 19.9 Å². The van der Waals surface area contributed by atoms with Crippen LogP contribution in [-0.4, -0.2) is 68.8 Å². The van der Waals surface area contributed by atoms with Gasteiger partial charge in [-0.25, -0.2) is 0 Å². The Hall–Kier alpha value is -0.950. The average molecular weight is 367 g/mol. The van der Waals surface area contributed by atoms with Crippen LogP contribution in [0.15, 0.2) is 11.6 Å². The predicted molar refractivity (Wildman–Crippen MR) is 97.4 cm³/mol. The lowest BCUT2D eigenvalue weighted by Crippen LogP contribution is -2.54. The summed E-state index contributed by atoms with van der Waals surface area (Å²) in [4.78, 5) is 14.6. The highest BCUT2D eigenvalue weighted by molar-refractivity contribution is 5.76. The first kappa shape index (κ1) is 19.8. The van der Waals surface area contributed by atoms with Crippen molar-refractivity contribution in [1.82, 2.24) is 4.90 Å². The first-order chi connectivity index (χ1) is 12.3. The number of esters is 1. The molecule has 148 valence electrons. The molecule has 26 heavy (non-hydrogen) atoms. The van der Waals surface area contributed by atoms with Crippen LogP contribution in [0.1, 0.15) is 33.1 Å². The highest BCUT2D eigenvalue weighted by atomic mass is 16.7. The van der Waals surface area contributed by atoms with E-state index in [-0.39, 0.29) is 35.6 Å². The third-order valence-electron chi connectivity index (χ3n) is 7.07. The summed E-state index contributed by atoms with van der Waals surface area (Å²) in [6, 6.07) is 0. The highest BCUT2D eigenvalue weighted by Gasteiger charge is 2.59. The maximum atomic E-state index is 12.6. The summed E-state index contributed by atoms with van der Waals surface area (Å²) in [5.74, 6) is -0.260. The third kappa shape index (κ3) is 3.21. The fourth-order valence-electron chi connectivity index (χ4n) is 5.18. The maximum absolute atomic E-state index is 12.6. The molecule has 0 spiro atoms. The van der Waals surface area contributed by atoms with Crippen LogP contribution < -0.4 is 0 Å². The SMILES string of the molecule is COC(CN(C)CC1C(=O)OC2CC3=CCCC(C)C3(C)C(O)C21)OC. The number of hydrogen-bond donors (Lipinski definition) is 1. The second-order valence-corrected chi connectivity index (χ2v) is 8.42. The smallest absolute Gasteiger partial charge is 0.311 e.